The quantitative estimate of drug-likeness (QED) is 0.721. The van der Waals surface area contributed by atoms with E-state index in [2.05, 4.69) is 11.9 Å². The van der Waals surface area contributed by atoms with E-state index in [4.69, 9.17) is 15.2 Å². The van der Waals surface area contributed by atoms with Crippen molar-refractivity contribution in [3.63, 3.8) is 0 Å². The Bertz CT molecular complexity index is 316. The molecule has 0 fully saturated rings. The van der Waals surface area contributed by atoms with Gasteiger partial charge in [0.25, 0.3) is 0 Å². The van der Waals surface area contributed by atoms with Crippen molar-refractivity contribution in [1.29, 1.82) is 0 Å². The van der Waals surface area contributed by atoms with E-state index in [1.165, 1.54) is 0 Å². The molecule has 1 aromatic rings. The second-order valence-corrected chi connectivity index (χ2v) is 3.71. The number of rotatable bonds is 7. The zero-order chi connectivity index (χ0) is 11.8. The van der Waals surface area contributed by atoms with Crippen molar-refractivity contribution in [1.82, 2.24) is 4.98 Å². The van der Waals surface area contributed by atoms with Crippen LogP contribution in [-0.4, -0.2) is 24.8 Å². The van der Waals surface area contributed by atoms with E-state index >= 15 is 0 Å². The third-order valence-electron chi connectivity index (χ3n) is 2.16. The first-order valence-corrected chi connectivity index (χ1v) is 5.66. The molecule has 0 unspecified atom stereocenters. The Hall–Kier alpha value is -1.29. The zero-order valence-corrected chi connectivity index (χ0v) is 10.0. The van der Waals surface area contributed by atoms with Crippen molar-refractivity contribution in [3.8, 4) is 5.88 Å². The van der Waals surface area contributed by atoms with Crippen molar-refractivity contribution in [2.24, 2.45) is 0 Å². The van der Waals surface area contributed by atoms with Gasteiger partial charge in [-0.2, -0.15) is 0 Å². The Morgan fingerprint density at radius 2 is 2.12 bits per heavy atom. The molecule has 1 rings (SSSR count). The van der Waals surface area contributed by atoms with Gasteiger partial charge in [0.1, 0.15) is 6.61 Å². The summed E-state index contributed by atoms with van der Waals surface area (Å²) < 4.78 is 10.9. The first-order valence-electron chi connectivity index (χ1n) is 5.66. The SMILES string of the molecule is CCCCOCCOc1ncc(N)cc1C. The number of pyridine rings is 1. The maximum atomic E-state index is 5.59. The molecule has 4 heteroatoms. The fraction of sp³-hybridized carbons (Fsp3) is 0.583. The number of anilines is 1. The highest BCUT2D eigenvalue weighted by molar-refractivity contribution is 5.41. The van der Waals surface area contributed by atoms with Gasteiger partial charge in [-0.25, -0.2) is 4.98 Å². The molecule has 0 spiro atoms. The van der Waals surface area contributed by atoms with Crippen LogP contribution in [0.3, 0.4) is 0 Å². The lowest BCUT2D eigenvalue weighted by Gasteiger charge is -2.08. The van der Waals surface area contributed by atoms with Crippen molar-refractivity contribution in [3.05, 3.63) is 17.8 Å². The second-order valence-electron chi connectivity index (χ2n) is 3.71. The molecule has 0 saturated heterocycles. The minimum atomic E-state index is 0.529. The molecule has 0 aliphatic carbocycles. The first kappa shape index (κ1) is 12.8. The van der Waals surface area contributed by atoms with Crippen LogP contribution in [0.2, 0.25) is 0 Å². The summed E-state index contributed by atoms with van der Waals surface area (Å²) in [5.74, 6) is 0.633. The Kier molecular flexibility index (Phi) is 5.64. The third-order valence-corrected chi connectivity index (χ3v) is 2.16. The van der Waals surface area contributed by atoms with Gasteiger partial charge < -0.3 is 15.2 Å². The van der Waals surface area contributed by atoms with Crippen LogP contribution in [0.5, 0.6) is 5.88 Å². The molecule has 4 nitrogen and oxygen atoms in total. The number of nitrogens with two attached hydrogens (primary N) is 1. The van der Waals surface area contributed by atoms with Crippen LogP contribution in [0.4, 0.5) is 5.69 Å². The molecular formula is C12H20N2O2. The highest BCUT2D eigenvalue weighted by Gasteiger charge is 2.00. The van der Waals surface area contributed by atoms with Gasteiger partial charge in [0.2, 0.25) is 5.88 Å². The van der Waals surface area contributed by atoms with Crippen LogP contribution in [0.15, 0.2) is 12.3 Å². The second kappa shape index (κ2) is 7.06. The number of nitrogens with zero attached hydrogens (tertiary/aromatic N) is 1. The fourth-order valence-corrected chi connectivity index (χ4v) is 1.28. The van der Waals surface area contributed by atoms with Gasteiger partial charge in [-0.3, -0.25) is 0 Å². The van der Waals surface area contributed by atoms with Crippen molar-refractivity contribution < 1.29 is 9.47 Å². The summed E-state index contributed by atoms with van der Waals surface area (Å²) in [6.45, 7) is 6.00. The average Bonchev–Trinajstić information content (AvgIpc) is 2.26. The predicted molar refractivity (Wildman–Crippen MR) is 64.6 cm³/mol. The molecule has 0 aliphatic rings. The first-order chi connectivity index (χ1) is 7.74. The van der Waals surface area contributed by atoms with Gasteiger partial charge in [-0.1, -0.05) is 13.3 Å². The standard InChI is InChI=1S/C12H20N2O2/c1-3-4-5-15-6-7-16-12-10(2)8-11(13)9-14-12/h8-9H,3-7,13H2,1-2H3. The van der Waals surface area contributed by atoms with Gasteiger partial charge in [-0.15, -0.1) is 0 Å². The summed E-state index contributed by atoms with van der Waals surface area (Å²) in [5, 5.41) is 0. The van der Waals surface area contributed by atoms with E-state index in [0.29, 0.717) is 24.8 Å². The lowest BCUT2D eigenvalue weighted by atomic mass is 10.3. The predicted octanol–water partition coefficient (Wildman–Crippen LogP) is 2.17. The number of nitrogen functional groups attached to an aromatic ring is 1. The van der Waals surface area contributed by atoms with E-state index < -0.39 is 0 Å². The molecule has 0 amide bonds. The Balaban J connectivity index is 2.21. The fourth-order valence-electron chi connectivity index (χ4n) is 1.28. The molecule has 1 aromatic heterocycles. The van der Waals surface area contributed by atoms with E-state index in [-0.39, 0.29) is 0 Å². The summed E-state index contributed by atoms with van der Waals surface area (Å²) in [6, 6.07) is 1.85. The number of hydrogen-bond acceptors (Lipinski definition) is 4. The molecule has 0 bridgehead atoms. The van der Waals surface area contributed by atoms with E-state index in [9.17, 15) is 0 Å². The molecule has 90 valence electrons. The van der Waals surface area contributed by atoms with Gasteiger partial charge in [-0.05, 0) is 19.4 Å². The molecule has 0 aliphatic heterocycles. The molecule has 0 atom stereocenters. The van der Waals surface area contributed by atoms with Crippen LogP contribution >= 0.6 is 0 Å². The van der Waals surface area contributed by atoms with E-state index in [1.807, 2.05) is 13.0 Å². The topological polar surface area (TPSA) is 57.4 Å². The lowest BCUT2D eigenvalue weighted by Crippen LogP contribution is -2.09. The summed E-state index contributed by atoms with van der Waals surface area (Å²) in [6.07, 6.45) is 3.85. The molecule has 16 heavy (non-hydrogen) atoms. The summed E-state index contributed by atoms with van der Waals surface area (Å²) in [7, 11) is 0. The Morgan fingerprint density at radius 1 is 1.31 bits per heavy atom. The van der Waals surface area contributed by atoms with Gasteiger partial charge >= 0.3 is 0 Å². The Labute approximate surface area is 96.8 Å². The van der Waals surface area contributed by atoms with Crippen molar-refractivity contribution >= 4 is 5.69 Å². The van der Waals surface area contributed by atoms with Crippen LogP contribution in [0.1, 0.15) is 25.3 Å². The van der Waals surface area contributed by atoms with Crippen LogP contribution < -0.4 is 10.5 Å². The maximum Gasteiger partial charge on any atom is 0.216 e. The van der Waals surface area contributed by atoms with Crippen LogP contribution in [-0.2, 0) is 4.74 Å². The number of ether oxygens (including phenoxy) is 2. The van der Waals surface area contributed by atoms with Gasteiger partial charge in [0.05, 0.1) is 18.5 Å². The summed E-state index contributed by atoms with van der Waals surface area (Å²) in [4.78, 5) is 4.11. The van der Waals surface area contributed by atoms with E-state index in [1.54, 1.807) is 6.20 Å². The lowest BCUT2D eigenvalue weighted by molar-refractivity contribution is 0.0963. The average molecular weight is 224 g/mol. The molecule has 0 radical (unpaired) electrons. The normalized spacial score (nSPS) is 10.4. The zero-order valence-electron chi connectivity index (χ0n) is 10.0. The van der Waals surface area contributed by atoms with E-state index in [0.717, 1.165) is 25.0 Å². The van der Waals surface area contributed by atoms with Crippen molar-refractivity contribution in [2.75, 3.05) is 25.6 Å². The monoisotopic (exact) mass is 224 g/mol. The summed E-state index contributed by atoms with van der Waals surface area (Å²) >= 11 is 0. The van der Waals surface area contributed by atoms with Crippen LogP contribution in [0.25, 0.3) is 0 Å². The van der Waals surface area contributed by atoms with Crippen molar-refractivity contribution in [2.45, 2.75) is 26.7 Å². The molecular weight excluding hydrogens is 204 g/mol. The molecule has 0 aromatic carbocycles. The Morgan fingerprint density at radius 3 is 2.81 bits per heavy atom. The minimum absolute atomic E-state index is 0.529. The molecule has 2 N–H and O–H groups in total. The third kappa shape index (κ3) is 4.49. The molecule has 0 saturated carbocycles. The van der Waals surface area contributed by atoms with Crippen LogP contribution in [0, 0.1) is 6.92 Å². The summed E-state index contributed by atoms with van der Waals surface area (Å²) in [5.41, 5.74) is 7.20. The number of aromatic nitrogens is 1. The van der Waals surface area contributed by atoms with Gasteiger partial charge in [0, 0.05) is 12.2 Å². The molecule has 1 heterocycles. The largest absolute Gasteiger partial charge is 0.475 e. The highest BCUT2D eigenvalue weighted by atomic mass is 16.5. The smallest absolute Gasteiger partial charge is 0.216 e. The number of hydrogen-bond donors (Lipinski definition) is 1. The number of aryl methyl sites for hydroxylation is 1. The highest BCUT2D eigenvalue weighted by Crippen LogP contribution is 2.15. The van der Waals surface area contributed by atoms with Gasteiger partial charge in [0.15, 0.2) is 0 Å². The maximum absolute atomic E-state index is 5.59. The number of unbranched alkanes of at least 4 members (excludes halogenated alkanes) is 1. The minimum Gasteiger partial charge on any atom is -0.475 e.